The molecule has 4 heterocycles. The van der Waals surface area contributed by atoms with Crippen LogP contribution in [-0.4, -0.2) is 66.4 Å². The summed E-state index contributed by atoms with van der Waals surface area (Å²) in [6.45, 7) is 6.01. The maximum atomic E-state index is 13.8. The van der Waals surface area contributed by atoms with E-state index >= 15 is 0 Å². The van der Waals surface area contributed by atoms with Crippen LogP contribution in [0.3, 0.4) is 0 Å². The number of pyridine rings is 1. The van der Waals surface area contributed by atoms with Crippen LogP contribution in [0.2, 0.25) is 0 Å². The summed E-state index contributed by atoms with van der Waals surface area (Å²) in [5, 5.41) is 29.0. The van der Waals surface area contributed by atoms with Gasteiger partial charge in [0.2, 0.25) is 0 Å². The number of hydrogen-bond acceptors (Lipinski definition) is 9. The van der Waals surface area contributed by atoms with Gasteiger partial charge in [0.15, 0.2) is 10.1 Å². The molecule has 3 saturated carbocycles. The van der Waals surface area contributed by atoms with E-state index in [0.717, 1.165) is 66.4 Å². The Morgan fingerprint density at radius 3 is 2.88 bits per heavy atom. The van der Waals surface area contributed by atoms with Gasteiger partial charge in [-0.3, -0.25) is 9.48 Å². The second kappa shape index (κ2) is 10.2. The van der Waals surface area contributed by atoms with Gasteiger partial charge in [-0.25, -0.2) is 9.97 Å². The zero-order chi connectivity index (χ0) is 29.6. The Bertz CT molecular complexity index is 1580. The van der Waals surface area contributed by atoms with E-state index < -0.39 is 17.1 Å². The van der Waals surface area contributed by atoms with E-state index in [2.05, 4.69) is 40.8 Å². The zero-order valence-corrected chi connectivity index (χ0v) is 26.5. The van der Waals surface area contributed by atoms with Crippen molar-refractivity contribution in [1.82, 2.24) is 19.7 Å². The van der Waals surface area contributed by atoms with Crippen molar-refractivity contribution >= 4 is 45.3 Å². The minimum Gasteiger partial charge on any atom is -0.393 e. The lowest BCUT2D eigenvalue weighted by atomic mass is 9.45. The molecule has 0 aromatic carbocycles. The highest BCUT2D eigenvalue weighted by Crippen LogP contribution is 2.67. The molecule has 0 bridgehead atoms. The van der Waals surface area contributed by atoms with Crippen LogP contribution < -0.4 is 0 Å². The van der Waals surface area contributed by atoms with Crippen molar-refractivity contribution in [2.24, 2.45) is 28.6 Å². The number of fused-ring (bicyclic) bond motifs is 7. The van der Waals surface area contributed by atoms with Crippen molar-refractivity contribution in [3.8, 4) is 0 Å². The second-order valence-electron chi connectivity index (χ2n) is 14.0. The molecule has 0 radical (unpaired) electrons. The van der Waals surface area contributed by atoms with Crippen LogP contribution in [0.15, 0.2) is 34.4 Å². The van der Waals surface area contributed by atoms with Gasteiger partial charge in [-0.15, -0.1) is 0 Å². The van der Waals surface area contributed by atoms with Gasteiger partial charge in [0.25, 0.3) is 0 Å². The minimum atomic E-state index is -1.44. The Balaban J connectivity index is 1.04. The van der Waals surface area contributed by atoms with E-state index in [0.29, 0.717) is 18.9 Å². The van der Waals surface area contributed by atoms with Crippen molar-refractivity contribution in [3.63, 3.8) is 0 Å². The Kier molecular flexibility index (Phi) is 6.73. The molecule has 43 heavy (non-hydrogen) atoms. The number of aliphatic hydroxyl groups is 2. The van der Waals surface area contributed by atoms with Gasteiger partial charge in [-0.1, -0.05) is 42.5 Å². The molecule has 1 aliphatic heterocycles. The van der Waals surface area contributed by atoms with Gasteiger partial charge >= 0.3 is 0 Å². The Hall–Kier alpha value is -2.11. The number of rotatable bonds is 5. The molecule has 0 amide bonds. The fourth-order valence-electron chi connectivity index (χ4n) is 9.95. The number of nitrogens with zero attached hydrogens (tertiary/aromatic N) is 4. The number of Topliss-reactive ketones (excluding diaryl/α,β-unsaturated/α-hetero) is 1. The molecule has 0 spiro atoms. The third-order valence-corrected chi connectivity index (χ3v) is 14.2. The summed E-state index contributed by atoms with van der Waals surface area (Å²) in [7, 11) is 0. The number of aromatic nitrogens is 4. The second-order valence-corrected chi connectivity index (χ2v) is 16.2. The first-order valence-electron chi connectivity index (χ1n) is 15.8. The Morgan fingerprint density at radius 1 is 1.23 bits per heavy atom. The van der Waals surface area contributed by atoms with E-state index in [4.69, 9.17) is 9.84 Å². The lowest BCUT2D eigenvalue weighted by Gasteiger charge is -2.60. The molecule has 5 aliphatic rings. The molecule has 228 valence electrons. The summed E-state index contributed by atoms with van der Waals surface area (Å²) in [5.41, 5.74) is 2.55. The van der Waals surface area contributed by atoms with Crippen LogP contribution in [0.25, 0.3) is 16.4 Å². The Labute approximate surface area is 260 Å². The number of ketones is 1. The standard InChI is InChI=1S/C33H40N4O4S2/c1-31-15-19-17-35-37(21-8-12-41-13-9-21)25(19)14-20(31)5-6-22-23-7-10-33(40,32(23,2)16-26(38)28(22)31)27(39)18-42-30-36-24-4-3-11-34-29(24)43-30/h3-4,11,14,17,21-23,26,28,38,40H,5-10,12-13,15-16,18H2,1-2H3/t22?,23?,26?,28?,31?,32?,33-/m0/s1. The molecule has 4 aliphatic carbocycles. The molecular formula is C33H40N4O4S2. The van der Waals surface area contributed by atoms with E-state index in [-0.39, 0.29) is 34.7 Å². The van der Waals surface area contributed by atoms with Crippen molar-refractivity contribution < 1.29 is 19.7 Å². The highest BCUT2D eigenvalue weighted by Gasteiger charge is 2.68. The molecule has 3 aromatic heterocycles. The number of aliphatic hydroxyl groups excluding tert-OH is 1. The topological polar surface area (TPSA) is 110 Å². The number of thiazole rings is 1. The molecule has 2 N–H and O–H groups in total. The number of carbonyl (C=O) groups excluding carboxylic acids is 1. The first kappa shape index (κ1) is 28.4. The van der Waals surface area contributed by atoms with E-state index in [1.165, 1.54) is 39.9 Å². The van der Waals surface area contributed by atoms with Gasteiger partial charge in [0.05, 0.1) is 29.8 Å². The summed E-state index contributed by atoms with van der Waals surface area (Å²) >= 11 is 2.88. The highest BCUT2D eigenvalue weighted by atomic mass is 32.2. The molecule has 8 rings (SSSR count). The molecular weight excluding hydrogens is 581 g/mol. The number of carbonyl (C=O) groups is 1. The van der Waals surface area contributed by atoms with E-state index in [9.17, 15) is 15.0 Å². The van der Waals surface area contributed by atoms with Crippen LogP contribution in [0.5, 0.6) is 0 Å². The maximum absolute atomic E-state index is 13.8. The number of hydrogen-bond donors (Lipinski definition) is 2. The van der Waals surface area contributed by atoms with Crippen LogP contribution in [0.1, 0.15) is 76.1 Å². The van der Waals surface area contributed by atoms with Crippen LogP contribution in [0, 0.1) is 28.6 Å². The summed E-state index contributed by atoms with van der Waals surface area (Å²) in [4.78, 5) is 23.7. The predicted molar refractivity (Wildman–Crippen MR) is 167 cm³/mol. The first-order chi connectivity index (χ1) is 20.7. The minimum absolute atomic E-state index is 0.104. The van der Waals surface area contributed by atoms with Gasteiger partial charge in [-0.05, 0) is 98.3 Å². The summed E-state index contributed by atoms with van der Waals surface area (Å²) in [5.74, 6) is 0.620. The maximum Gasteiger partial charge on any atom is 0.175 e. The molecule has 10 heteroatoms. The van der Waals surface area contributed by atoms with Crippen LogP contribution in [-0.2, 0) is 16.0 Å². The number of thioether (sulfide) groups is 1. The molecule has 6 unspecified atom stereocenters. The van der Waals surface area contributed by atoms with Gasteiger partial charge in [0, 0.05) is 24.8 Å². The lowest BCUT2D eigenvalue weighted by Crippen LogP contribution is -2.62. The van der Waals surface area contributed by atoms with E-state index in [1.807, 2.05) is 12.1 Å². The van der Waals surface area contributed by atoms with Gasteiger partial charge in [-0.2, -0.15) is 5.10 Å². The van der Waals surface area contributed by atoms with Crippen LogP contribution in [0.4, 0.5) is 0 Å². The molecule has 7 atom stereocenters. The highest BCUT2D eigenvalue weighted by molar-refractivity contribution is 8.01. The van der Waals surface area contributed by atoms with Gasteiger partial charge < -0.3 is 14.9 Å². The fraction of sp³-hybridized carbons (Fsp3) is 0.636. The summed E-state index contributed by atoms with van der Waals surface area (Å²) < 4.78 is 8.63. The molecule has 4 fully saturated rings. The molecule has 1 saturated heterocycles. The van der Waals surface area contributed by atoms with Crippen molar-refractivity contribution in [2.45, 2.75) is 87.3 Å². The average Bonchev–Trinajstić information content (AvgIpc) is 3.68. The normalized spacial score (nSPS) is 37.3. The fourth-order valence-corrected chi connectivity index (χ4v) is 11.9. The monoisotopic (exact) mass is 620 g/mol. The van der Waals surface area contributed by atoms with Crippen molar-refractivity contribution in [2.75, 3.05) is 19.0 Å². The van der Waals surface area contributed by atoms with Crippen molar-refractivity contribution in [3.05, 3.63) is 41.4 Å². The van der Waals surface area contributed by atoms with E-state index in [1.54, 1.807) is 6.20 Å². The van der Waals surface area contributed by atoms with Gasteiger partial charge in [0.1, 0.15) is 15.9 Å². The molecule has 3 aromatic rings. The number of ether oxygens (including phenoxy) is 1. The lowest BCUT2D eigenvalue weighted by molar-refractivity contribution is -0.177. The number of allylic oxidation sites excluding steroid dienone is 1. The molecule has 8 nitrogen and oxygen atoms in total. The third kappa shape index (κ3) is 4.19. The average molecular weight is 621 g/mol. The first-order valence-corrected chi connectivity index (χ1v) is 17.6. The largest absolute Gasteiger partial charge is 0.393 e. The van der Waals surface area contributed by atoms with Crippen molar-refractivity contribution in [1.29, 1.82) is 0 Å². The SMILES string of the molecule is CC12Cc3cnn(C4CCOCC4)c3C=C1CCC1C2C(O)CC2(C)C1CC[C@]2(O)C(=O)CSc1nc2cccnc2s1. The third-order valence-electron chi connectivity index (χ3n) is 12.1. The zero-order valence-electron chi connectivity index (χ0n) is 24.9. The smallest absolute Gasteiger partial charge is 0.175 e. The Morgan fingerprint density at radius 2 is 2.07 bits per heavy atom. The summed E-state index contributed by atoms with van der Waals surface area (Å²) in [6, 6.07) is 4.18. The predicted octanol–water partition coefficient (Wildman–Crippen LogP) is 5.48. The summed E-state index contributed by atoms with van der Waals surface area (Å²) in [6.07, 6.45) is 12.2. The quantitative estimate of drug-likeness (QED) is 0.361. The van der Waals surface area contributed by atoms with Crippen LogP contribution >= 0.6 is 23.1 Å².